The van der Waals surface area contributed by atoms with Crippen LogP contribution in [0, 0.1) is 6.92 Å². The molecule has 11 heteroatoms. The fourth-order valence-electron chi connectivity index (χ4n) is 5.09. The number of halogens is 1. The number of nitrogens with one attached hydrogen (secondary N) is 2. The quantitative estimate of drug-likeness (QED) is 0.101. The first kappa shape index (κ1) is 34.0. The number of hydrogen-bond acceptors (Lipinski definition) is 7. The summed E-state index contributed by atoms with van der Waals surface area (Å²) in [6, 6.07) is 32.3. The highest BCUT2D eigenvalue weighted by atomic mass is 35.5. The van der Waals surface area contributed by atoms with E-state index in [0.717, 1.165) is 28.6 Å². The smallest absolute Gasteiger partial charge is 0.341 e. The first-order valence-electron chi connectivity index (χ1n) is 14.9. The largest absolute Gasteiger partial charge is 0.480 e. The lowest BCUT2D eigenvalue weighted by molar-refractivity contribution is -0.139. The molecule has 0 aromatic heterocycles. The number of rotatable bonds is 14. The van der Waals surface area contributed by atoms with Crippen molar-refractivity contribution in [2.45, 2.75) is 19.9 Å². The fourth-order valence-corrected chi connectivity index (χ4v) is 5.91. The number of ketones is 1. The van der Waals surface area contributed by atoms with Gasteiger partial charge in [-0.1, -0.05) is 84.4 Å². The molecule has 0 spiro atoms. The van der Waals surface area contributed by atoms with Crippen LogP contribution in [0.5, 0.6) is 17.2 Å². The van der Waals surface area contributed by atoms with Gasteiger partial charge in [0, 0.05) is 35.8 Å². The number of anilines is 2. The molecule has 0 aliphatic rings. The van der Waals surface area contributed by atoms with Gasteiger partial charge in [-0.25, -0.2) is 13.2 Å². The summed E-state index contributed by atoms with van der Waals surface area (Å²) in [5, 5.41) is 12.5. The number of carboxylic acid groups (broad SMARTS) is 1. The van der Waals surface area contributed by atoms with Crippen LogP contribution >= 0.6 is 11.6 Å². The Kier molecular flexibility index (Phi) is 10.7. The normalized spacial score (nSPS) is 11.1. The molecule has 0 amide bonds. The molecule has 5 rings (SSSR count). The number of carbonyl (C=O) groups is 2. The number of sulfonamides is 1. The van der Waals surface area contributed by atoms with Crippen molar-refractivity contribution >= 4 is 44.8 Å². The highest BCUT2D eigenvalue weighted by molar-refractivity contribution is 7.92. The zero-order valence-corrected chi connectivity index (χ0v) is 27.8. The summed E-state index contributed by atoms with van der Waals surface area (Å²) >= 11 is 6.10. The lowest BCUT2D eigenvalue weighted by Crippen LogP contribution is -2.14. The Morgan fingerprint density at radius 2 is 1.52 bits per heavy atom. The summed E-state index contributed by atoms with van der Waals surface area (Å²) in [4.78, 5) is 24.2. The van der Waals surface area contributed by atoms with Gasteiger partial charge in [-0.2, -0.15) is 0 Å². The van der Waals surface area contributed by atoms with Crippen LogP contribution in [-0.2, 0) is 27.8 Å². The maximum Gasteiger partial charge on any atom is 0.341 e. The van der Waals surface area contributed by atoms with Crippen LogP contribution in [0.25, 0.3) is 0 Å². The zero-order chi connectivity index (χ0) is 34.3. The first-order chi connectivity index (χ1) is 23.0. The standard InChI is InChI=1S/C37H33ClN2O7S/c1-24-33(39-22-25-12-15-29(16-13-25)47-30-17-18-32(38)34(21-30)46-23-35(41)42)19-14-28(36(24)40-48(2,44)45)20-27-10-6-7-11-31(27)37(43)26-8-4-3-5-9-26/h3-19,21,39-40H,20,22-23H2,1-2H3,(H,41,42). The Balaban J connectivity index is 1.31. The SMILES string of the molecule is Cc1c(NCc2ccc(Oc3ccc(Cl)c(OCC(=O)O)c3)cc2)ccc(Cc2ccccc2C(=O)c2ccccc2)c1NS(C)(=O)=O. The van der Waals surface area contributed by atoms with Gasteiger partial charge < -0.3 is 19.9 Å². The van der Waals surface area contributed by atoms with Crippen LogP contribution < -0.4 is 19.5 Å². The van der Waals surface area contributed by atoms with E-state index in [9.17, 15) is 18.0 Å². The topological polar surface area (TPSA) is 131 Å². The maximum atomic E-state index is 13.3. The molecule has 5 aromatic rings. The molecule has 0 atom stereocenters. The maximum absolute atomic E-state index is 13.3. The summed E-state index contributed by atoms with van der Waals surface area (Å²) in [5.74, 6) is -0.0318. The third-order valence-electron chi connectivity index (χ3n) is 7.41. The minimum absolute atomic E-state index is 0.0991. The van der Waals surface area contributed by atoms with Gasteiger partial charge in [-0.3, -0.25) is 9.52 Å². The third-order valence-corrected chi connectivity index (χ3v) is 8.30. The van der Waals surface area contributed by atoms with Gasteiger partial charge in [0.1, 0.15) is 17.2 Å². The van der Waals surface area contributed by atoms with Crippen LogP contribution in [0.4, 0.5) is 11.4 Å². The second-order valence-electron chi connectivity index (χ2n) is 11.0. The summed E-state index contributed by atoms with van der Waals surface area (Å²) in [6.07, 6.45) is 1.46. The average molecular weight is 685 g/mol. The van der Waals surface area contributed by atoms with Gasteiger partial charge in [0.15, 0.2) is 12.4 Å². The fraction of sp³-hybridized carbons (Fsp3) is 0.135. The van der Waals surface area contributed by atoms with Crippen LogP contribution in [-0.4, -0.2) is 38.1 Å². The van der Waals surface area contributed by atoms with Gasteiger partial charge in [0.2, 0.25) is 10.0 Å². The molecule has 0 aliphatic heterocycles. The molecule has 0 saturated carbocycles. The van der Waals surface area contributed by atoms with Crippen molar-refractivity contribution < 1.29 is 32.6 Å². The molecule has 5 aromatic carbocycles. The Hall–Kier alpha value is -5.32. The van der Waals surface area contributed by atoms with Crippen molar-refractivity contribution in [2.75, 3.05) is 22.9 Å². The molecule has 3 N–H and O–H groups in total. The lowest BCUT2D eigenvalue weighted by atomic mass is 9.93. The van der Waals surface area contributed by atoms with E-state index >= 15 is 0 Å². The van der Waals surface area contributed by atoms with Gasteiger partial charge in [-0.05, 0) is 59.5 Å². The Morgan fingerprint density at radius 1 is 0.833 bits per heavy atom. The molecule has 0 fully saturated rings. The highest BCUT2D eigenvalue weighted by Gasteiger charge is 2.18. The van der Waals surface area contributed by atoms with E-state index in [4.69, 9.17) is 26.2 Å². The number of ether oxygens (including phenoxy) is 2. The molecule has 246 valence electrons. The van der Waals surface area contributed by atoms with Crippen LogP contribution in [0.3, 0.4) is 0 Å². The minimum atomic E-state index is -3.61. The first-order valence-corrected chi connectivity index (χ1v) is 17.2. The van der Waals surface area contributed by atoms with Crippen molar-refractivity contribution in [3.8, 4) is 17.2 Å². The van der Waals surface area contributed by atoms with Crippen molar-refractivity contribution in [3.63, 3.8) is 0 Å². The van der Waals surface area contributed by atoms with Crippen LogP contribution in [0.1, 0.15) is 38.2 Å². The lowest BCUT2D eigenvalue weighted by Gasteiger charge is -2.19. The van der Waals surface area contributed by atoms with Gasteiger partial charge in [0.05, 0.1) is 17.0 Å². The molecular weight excluding hydrogens is 652 g/mol. The molecule has 0 saturated heterocycles. The number of aliphatic carboxylic acids is 1. The van der Waals surface area contributed by atoms with E-state index in [1.807, 2.05) is 67.6 Å². The average Bonchev–Trinajstić information content (AvgIpc) is 3.06. The molecule has 0 radical (unpaired) electrons. The number of hydrogen-bond donors (Lipinski definition) is 3. The van der Waals surface area contributed by atoms with Gasteiger partial charge >= 0.3 is 5.97 Å². The van der Waals surface area contributed by atoms with Crippen molar-refractivity contribution in [3.05, 3.63) is 148 Å². The Labute approximate surface area is 284 Å². The van der Waals surface area contributed by atoms with E-state index in [2.05, 4.69) is 10.0 Å². The third kappa shape index (κ3) is 8.93. The van der Waals surface area contributed by atoms with E-state index in [1.54, 1.807) is 42.5 Å². The van der Waals surface area contributed by atoms with E-state index in [-0.39, 0.29) is 16.6 Å². The second kappa shape index (κ2) is 15.1. The predicted octanol–water partition coefficient (Wildman–Crippen LogP) is 7.71. The van der Waals surface area contributed by atoms with Crippen molar-refractivity contribution in [1.82, 2.24) is 0 Å². The molecule has 48 heavy (non-hydrogen) atoms. The molecule has 9 nitrogen and oxygen atoms in total. The Bertz CT molecular complexity index is 2050. The monoisotopic (exact) mass is 684 g/mol. The minimum Gasteiger partial charge on any atom is -0.480 e. The summed E-state index contributed by atoms with van der Waals surface area (Å²) in [6.45, 7) is 1.77. The van der Waals surface area contributed by atoms with Gasteiger partial charge in [0.25, 0.3) is 0 Å². The van der Waals surface area contributed by atoms with Crippen molar-refractivity contribution in [1.29, 1.82) is 0 Å². The summed E-state index contributed by atoms with van der Waals surface area (Å²) in [5.41, 5.74) is 5.52. The number of carboxylic acids is 1. The van der Waals surface area contributed by atoms with Crippen LogP contribution in [0.2, 0.25) is 5.02 Å². The van der Waals surface area contributed by atoms with Crippen LogP contribution in [0.15, 0.2) is 109 Å². The molecule has 0 heterocycles. The van der Waals surface area contributed by atoms with E-state index < -0.39 is 22.6 Å². The van der Waals surface area contributed by atoms with E-state index in [1.165, 1.54) is 6.07 Å². The number of benzene rings is 5. The van der Waals surface area contributed by atoms with Gasteiger partial charge in [-0.15, -0.1) is 0 Å². The molecule has 0 unspecified atom stereocenters. The molecular formula is C37H33ClN2O7S. The highest BCUT2D eigenvalue weighted by Crippen LogP contribution is 2.33. The molecule has 0 bridgehead atoms. The molecule has 0 aliphatic carbocycles. The Morgan fingerprint density at radius 3 is 2.23 bits per heavy atom. The zero-order valence-electron chi connectivity index (χ0n) is 26.2. The summed E-state index contributed by atoms with van der Waals surface area (Å²) in [7, 11) is -3.61. The second-order valence-corrected chi connectivity index (χ2v) is 13.2. The predicted molar refractivity (Wildman–Crippen MR) is 187 cm³/mol. The number of carbonyl (C=O) groups excluding carboxylic acids is 1. The van der Waals surface area contributed by atoms with E-state index in [0.29, 0.717) is 46.8 Å². The van der Waals surface area contributed by atoms with Crippen molar-refractivity contribution in [2.24, 2.45) is 0 Å². The summed E-state index contributed by atoms with van der Waals surface area (Å²) < 4.78 is 38.7.